The third-order valence-corrected chi connectivity index (χ3v) is 5.00. The summed E-state index contributed by atoms with van der Waals surface area (Å²) < 4.78 is 23.2. The summed E-state index contributed by atoms with van der Waals surface area (Å²) in [6, 6.07) is 0. The van der Waals surface area contributed by atoms with Crippen molar-refractivity contribution in [1.82, 2.24) is 0 Å². The van der Waals surface area contributed by atoms with Crippen LogP contribution < -0.4 is 0 Å². The number of fused-ring (bicyclic) bond motifs is 4. The molecule has 4 rings (SSSR count). The number of carbonyl (C=O) groups excluding carboxylic acids is 1. The molecule has 0 amide bonds. The predicted molar refractivity (Wildman–Crippen MR) is 80.7 cm³/mol. The Bertz CT molecular complexity index is 618. The number of esters is 1. The van der Waals surface area contributed by atoms with Crippen molar-refractivity contribution in [3.8, 4) is 0 Å². The lowest BCUT2D eigenvalue weighted by Gasteiger charge is -2.21. The van der Waals surface area contributed by atoms with E-state index in [9.17, 15) is 4.79 Å². The molecule has 2 aliphatic carbocycles. The van der Waals surface area contributed by atoms with E-state index in [0.29, 0.717) is 25.0 Å². The van der Waals surface area contributed by atoms with E-state index in [-0.39, 0.29) is 18.7 Å². The Morgan fingerprint density at radius 3 is 3.09 bits per heavy atom. The van der Waals surface area contributed by atoms with E-state index >= 15 is 0 Å². The molecule has 0 saturated carbocycles. The van der Waals surface area contributed by atoms with Crippen molar-refractivity contribution in [2.24, 2.45) is 11.8 Å². The van der Waals surface area contributed by atoms with Gasteiger partial charge in [0.2, 0.25) is 0 Å². The maximum atomic E-state index is 11.3. The number of carbonyl (C=O) groups is 1. The second kappa shape index (κ2) is 5.42. The lowest BCUT2D eigenvalue weighted by atomic mass is 9.84. The van der Waals surface area contributed by atoms with Crippen LogP contribution in [0, 0.1) is 11.8 Å². The van der Waals surface area contributed by atoms with Gasteiger partial charge in [-0.05, 0) is 23.9 Å². The van der Waals surface area contributed by atoms with Crippen molar-refractivity contribution in [1.29, 1.82) is 0 Å². The topological polar surface area (TPSA) is 57.3 Å². The molecule has 5 nitrogen and oxygen atoms in total. The van der Waals surface area contributed by atoms with Crippen molar-refractivity contribution in [2.45, 2.75) is 25.9 Å². The first-order valence-electron chi connectivity index (χ1n) is 7.57. The number of hydrogen-bond donors (Lipinski definition) is 0. The van der Waals surface area contributed by atoms with E-state index in [1.165, 1.54) is 0 Å². The standard InChI is InChI=1S/C16H17BrO5/c1-2-20-13(18)7-19-6-8-3-9(17)4-10-14-11(21-15(8)10)5-12-16(14)22-12/h3,10-11,14H,2,4-7H2,1H3/t10?,11-,14-/m1/s1. The van der Waals surface area contributed by atoms with Gasteiger partial charge in [0, 0.05) is 17.9 Å². The smallest absolute Gasteiger partial charge is 0.332 e. The highest BCUT2D eigenvalue weighted by molar-refractivity contribution is 9.11. The van der Waals surface area contributed by atoms with Crippen LogP contribution in [0.3, 0.4) is 0 Å². The van der Waals surface area contributed by atoms with Crippen LogP contribution >= 0.6 is 15.9 Å². The number of halogens is 1. The molecular formula is C16H17BrO5. The lowest BCUT2D eigenvalue weighted by Crippen LogP contribution is -2.20. The van der Waals surface area contributed by atoms with Crippen LogP contribution in [-0.4, -0.2) is 31.9 Å². The van der Waals surface area contributed by atoms with Gasteiger partial charge in [-0.3, -0.25) is 0 Å². The minimum Gasteiger partial charge on any atom is -0.493 e. The average molecular weight is 369 g/mol. The molecule has 2 aliphatic heterocycles. The molecule has 3 atom stereocenters. The summed E-state index contributed by atoms with van der Waals surface area (Å²) >= 11 is 3.61. The molecule has 22 heavy (non-hydrogen) atoms. The van der Waals surface area contributed by atoms with Crippen molar-refractivity contribution in [2.75, 3.05) is 19.8 Å². The Balaban J connectivity index is 1.46. The second-order valence-electron chi connectivity index (χ2n) is 5.86. The number of ether oxygens (including phenoxy) is 4. The van der Waals surface area contributed by atoms with Gasteiger partial charge in [0.1, 0.15) is 30.0 Å². The number of allylic oxidation sites excluding steroid dienone is 2. The maximum Gasteiger partial charge on any atom is 0.332 e. The first-order chi connectivity index (χ1) is 10.7. The van der Waals surface area contributed by atoms with Gasteiger partial charge in [0.25, 0.3) is 0 Å². The molecule has 118 valence electrons. The normalized spacial score (nSPS) is 31.0. The summed E-state index contributed by atoms with van der Waals surface area (Å²) in [7, 11) is 0. The monoisotopic (exact) mass is 368 g/mol. The third-order valence-electron chi connectivity index (χ3n) is 4.45. The highest BCUT2D eigenvalue weighted by atomic mass is 79.9. The summed E-state index contributed by atoms with van der Waals surface area (Å²) in [5, 5.41) is 0. The van der Waals surface area contributed by atoms with Gasteiger partial charge in [0.15, 0.2) is 0 Å². The molecule has 0 aromatic heterocycles. The molecule has 0 aromatic carbocycles. The second-order valence-corrected chi connectivity index (χ2v) is 6.88. The zero-order valence-electron chi connectivity index (χ0n) is 12.3. The fourth-order valence-electron chi connectivity index (χ4n) is 3.57. The molecule has 0 spiro atoms. The molecular weight excluding hydrogens is 352 g/mol. The van der Waals surface area contributed by atoms with Crippen LogP contribution in [0.2, 0.25) is 0 Å². The van der Waals surface area contributed by atoms with Crippen LogP contribution in [-0.2, 0) is 23.7 Å². The SMILES string of the molecule is CCOC(=O)COCC1=C2O[C@@H]3CC4=C(O4)[C@@H]3C2CC(Br)=C1. The van der Waals surface area contributed by atoms with Crippen LogP contribution in [0.5, 0.6) is 0 Å². The molecule has 0 radical (unpaired) electrons. The molecule has 6 heteroatoms. The van der Waals surface area contributed by atoms with Gasteiger partial charge in [-0.1, -0.05) is 15.9 Å². The van der Waals surface area contributed by atoms with E-state index in [1.807, 2.05) is 6.08 Å². The lowest BCUT2D eigenvalue weighted by molar-refractivity contribution is -0.148. The quantitative estimate of drug-likeness (QED) is 0.698. The first-order valence-corrected chi connectivity index (χ1v) is 8.36. The summed E-state index contributed by atoms with van der Waals surface area (Å²) in [6.45, 7) is 2.47. The highest BCUT2D eigenvalue weighted by Crippen LogP contribution is 2.59. The molecule has 1 unspecified atom stereocenters. The third kappa shape index (κ3) is 2.38. The van der Waals surface area contributed by atoms with Gasteiger partial charge in [-0.15, -0.1) is 0 Å². The number of rotatable bonds is 5. The molecule has 1 fully saturated rings. The van der Waals surface area contributed by atoms with Crippen LogP contribution in [0.4, 0.5) is 0 Å². The Morgan fingerprint density at radius 1 is 1.41 bits per heavy atom. The zero-order chi connectivity index (χ0) is 15.3. The minimum absolute atomic E-state index is 0.0357. The summed E-state index contributed by atoms with van der Waals surface area (Å²) in [6.07, 6.45) is 4.07. The van der Waals surface area contributed by atoms with E-state index < -0.39 is 0 Å². The van der Waals surface area contributed by atoms with Crippen molar-refractivity contribution < 1.29 is 23.7 Å². The summed E-state index contributed by atoms with van der Waals surface area (Å²) in [5.41, 5.74) is 1.00. The molecule has 0 bridgehead atoms. The van der Waals surface area contributed by atoms with Gasteiger partial charge in [-0.2, -0.15) is 0 Å². The average Bonchev–Trinajstić information content (AvgIpc) is 2.98. The van der Waals surface area contributed by atoms with Crippen molar-refractivity contribution in [3.05, 3.63) is 33.4 Å². The van der Waals surface area contributed by atoms with Crippen LogP contribution in [0.1, 0.15) is 19.8 Å². The van der Waals surface area contributed by atoms with Gasteiger partial charge in [0.05, 0.1) is 19.1 Å². The van der Waals surface area contributed by atoms with Crippen LogP contribution in [0.15, 0.2) is 33.4 Å². The summed E-state index contributed by atoms with van der Waals surface area (Å²) in [5.74, 6) is 3.60. The predicted octanol–water partition coefficient (Wildman–Crippen LogP) is 2.78. The Kier molecular flexibility index (Phi) is 3.53. The fraction of sp³-hybridized carbons (Fsp3) is 0.562. The first kappa shape index (κ1) is 14.3. The highest BCUT2D eigenvalue weighted by Gasteiger charge is 2.57. The van der Waals surface area contributed by atoms with Gasteiger partial charge in [-0.25, -0.2) is 4.79 Å². The maximum absolute atomic E-state index is 11.3. The fourth-order valence-corrected chi connectivity index (χ4v) is 4.20. The Hall–Kier alpha value is -1.27. The van der Waals surface area contributed by atoms with E-state index in [2.05, 4.69) is 15.9 Å². The molecule has 2 heterocycles. The summed E-state index contributed by atoms with van der Waals surface area (Å²) in [4.78, 5) is 11.3. The molecule has 4 aliphatic rings. The van der Waals surface area contributed by atoms with Crippen LogP contribution in [0.25, 0.3) is 0 Å². The molecule has 1 saturated heterocycles. The minimum atomic E-state index is -0.339. The van der Waals surface area contributed by atoms with E-state index in [0.717, 1.165) is 40.2 Å². The van der Waals surface area contributed by atoms with E-state index in [1.54, 1.807) is 6.92 Å². The van der Waals surface area contributed by atoms with Gasteiger partial charge >= 0.3 is 5.97 Å². The zero-order valence-corrected chi connectivity index (χ0v) is 13.9. The molecule has 0 aromatic rings. The Labute approximate surface area is 137 Å². The van der Waals surface area contributed by atoms with E-state index in [4.69, 9.17) is 18.9 Å². The largest absolute Gasteiger partial charge is 0.493 e. The molecule has 0 N–H and O–H groups in total. The van der Waals surface area contributed by atoms with Crippen molar-refractivity contribution >= 4 is 21.9 Å². The van der Waals surface area contributed by atoms with Crippen molar-refractivity contribution in [3.63, 3.8) is 0 Å². The number of hydrogen-bond acceptors (Lipinski definition) is 5. The van der Waals surface area contributed by atoms with Gasteiger partial charge < -0.3 is 18.9 Å². The Morgan fingerprint density at radius 2 is 2.27 bits per heavy atom.